The molecular weight excluding hydrogens is 256 g/mol. The molecule has 1 fully saturated rings. The van der Waals surface area contributed by atoms with Gasteiger partial charge in [0.15, 0.2) is 0 Å². The van der Waals surface area contributed by atoms with Gasteiger partial charge in [0.05, 0.1) is 11.5 Å². The first kappa shape index (κ1) is 13.2. The standard InChI is InChI=1S/C10H16N4O3S/c11-13-10-7-9(3-4-12-10)18(16,17)14(5-6-15)8-1-2-8/h3-4,7-8,15H,1-2,5-6,11H2,(H,12,13). The number of nitrogens with one attached hydrogen (secondary N) is 1. The fraction of sp³-hybridized carbons (Fsp3) is 0.500. The molecular formula is C10H16N4O3S. The van der Waals surface area contributed by atoms with Crippen LogP contribution in [0.1, 0.15) is 12.8 Å². The fourth-order valence-electron chi connectivity index (χ4n) is 1.75. The number of hydrazine groups is 1. The number of anilines is 1. The van der Waals surface area contributed by atoms with E-state index >= 15 is 0 Å². The number of pyridine rings is 1. The summed E-state index contributed by atoms with van der Waals surface area (Å²) in [6.45, 7) is -0.0798. The molecule has 0 saturated heterocycles. The number of rotatable bonds is 6. The van der Waals surface area contributed by atoms with Gasteiger partial charge >= 0.3 is 0 Å². The molecule has 0 aliphatic heterocycles. The number of sulfonamides is 1. The Morgan fingerprint density at radius 2 is 2.28 bits per heavy atom. The van der Waals surface area contributed by atoms with Crippen molar-refractivity contribution in [3.8, 4) is 0 Å². The molecule has 18 heavy (non-hydrogen) atoms. The van der Waals surface area contributed by atoms with Gasteiger partial charge in [-0.15, -0.1) is 0 Å². The summed E-state index contributed by atoms with van der Waals surface area (Å²) < 4.78 is 26.1. The van der Waals surface area contributed by atoms with Gasteiger partial charge in [-0.25, -0.2) is 19.2 Å². The van der Waals surface area contributed by atoms with Crippen molar-refractivity contribution in [1.82, 2.24) is 9.29 Å². The maximum Gasteiger partial charge on any atom is 0.243 e. The molecule has 0 atom stereocenters. The number of aliphatic hydroxyl groups is 1. The van der Waals surface area contributed by atoms with Gasteiger partial charge in [-0.3, -0.25) is 0 Å². The third kappa shape index (κ3) is 2.61. The Kier molecular flexibility index (Phi) is 3.81. The molecule has 2 rings (SSSR count). The zero-order chi connectivity index (χ0) is 13.2. The van der Waals surface area contributed by atoms with E-state index < -0.39 is 10.0 Å². The van der Waals surface area contributed by atoms with Gasteiger partial charge in [-0.05, 0) is 18.9 Å². The minimum atomic E-state index is -3.59. The van der Waals surface area contributed by atoms with Gasteiger partial charge in [0.1, 0.15) is 5.82 Å². The van der Waals surface area contributed by atoms with Crippen LogP contribution in [0.15, 0.2) is 23.2 Å². The van der Waals surface area contributed by atoms with Gasteiger partial charge in [0.25, 0.3) is 0 Å². The van der Waals surface area contributed by atoms with E-state index in [9.17, 15) is 8.42 Å². The van der Waals surface area contributed by atoms with Crippen LogP contribution in [0.25, 0.3) is 0 Å². The van der Waals surface area contributed by atoms with Crippen LogP contribution >= 0.6 is 0 Å². The molecule has 100 valence electrons. The minimum Gasteiger partial charge on any atom is -0.395 e. The molecule has 0 radical (unpaired) electrons. The van der Waals surface area contributed by atoms with E-state index in [1.807, 2.05) is 0 Å². The second kappa shape index (κ2) is 5.19. The van der Waals surface area contributed by atoms with Crippen molar-refractivity contribution in [3.63, 3.8) is 0 Å². The number of hydrogen-bond acceptors (Lipinski definition) is 6. The van der Waals surface area contributed by atoms with Crippen LogP contribution < -0.4 is 11.3 Å². The fourth-order valence-corrected chi connectivity index (χ4v) is 3.44. The average molecular weight is 272 g/mol. The smallest absolute Gasteiger partial charge is 0.243 e. The minimum absolute atomic E-state index is 0.00426. The summed E-state index contributed by atoms with van der Waals surface area (Å²) >= 11 is 0. The highest BCUT2D eigenvalue weighted by Crippen LogP contribution is 2.31. The highest BCUT2D eigenvalue weighted by Gasteiger charge is 2.37. The summed E-state index contributed by atoms with van der Waals surface area (Å²) in [5.41, 5.74) is 2.31. The molecule has 7 nitrogen and oxygen atoms in total. The number of aliphatic hydroxyl groups excluding tert-OH is 1. The zero-order valence-electron chi connectivity index (χ0n) is 9.78. The van der Waals surface area contributed by atoms with E-state index in [4.69, 9.17) is 10.9 Å². The van der Waals surface area contributed by atoms with Crippen molar-refractivity contribution < 1.29 is 13.5 Å². The van der Waals surface area contributed by atoms with E-state index in [1.165, 1.54) is 22.6 Å². The first-order valence-electron chi connectivity index (χ1n) is 5.65. The van der Waals surface area contributed by atoms with Gasteiger partial charge < -0.3 is 10.5 Å². The molecule has 1 saturated carbocycles. The quantitative estimate of drug-likeness (QED) is 0.476. The monoisotopic (exact) mass is 272 g/mol. The third-order valence-corrected chi connectivity index (χ3v) is 4.71. The molecule has 1 aliphatic rings. The van der Waals surface area contributed by atoms with Gasteiger partial charge in [0.2, 0.25) is 10.0 Å². The Morgan fingerprint density at radius 3 is 2.83 bits per heavy atom. The molecule has 0 amide bonds. The summed E-state index contributed by atoms with van der Waals surface area (Å²) in [5.74, 6) is 5.50. The molecule has 0 aromatic carbocycles. The van der Waals surface area contributed by atoms with Crippen LogP contribution in [0.4, 0.5) is 5.82 Å². The molecule has 8 heteroatoms. The Hall–Kier alpha value is -1.22. The van der Waals surface area contributed by atoms with Crippen LogP contribution in [-0.4, -0.2) is 42.0 Å². The van der Waals surface area contributed by atoms with Crippen molar-refractivity contribution in [3.05, 3.63) is 18.3 Å². The lowest BCUT2D eigenvalue weighted by Crippen LogP contribution is -2.35. The highest BCUT2D eigenvalue weighted by atomic mass is 32.2. The Labute approximate surface area is 106 Å². The Morgan fingerprint density at radius 1 is 1.56 bits per heavy atom. The Balaban J connectivity index is 2.32. The molecule has 0 bridgehead atoms. The zero-order valence-corrected chi connectivity index (χ0v) is 10.6. The van der Waals surface area contributed by atoms with Crippen LogP contribution in [0, 0.1) is 0 Å². The van der Waals surface area contributed by atoms with Crippen molar-refractivity contribution >= 4 is 15.8 Å². The molecule has 1 aromatic rings. The second-order valence-electron chi connectivity index (χ2n) is 4.09. The van der Waals surface area contributed by atoms with E-state index in [-0.39, 0.29) is 29.9 Å². The Bertz CT molecular complexity index is 516. The predicted molar refractivity (Wildman–Crippen MR) is 66.0 cm³/mol. The summed E-state index contributed by atoms with van der Waals surface area (Å²) in [7, 11) is -3.59. The second-order valence-corrected chi connectivity index (χ2v) is 5.98. The van der Waals surface area contributed by atoms with Crippen molar-refractivity contribution in [1.29, 1.82) is 0 Å². The van der Waals surface area contributed by atoms with Crippen LogP contribution in [0.2, 0.25) is 0 Å². The number of hydrogen-bond donors (Lipinski definition) is 3. The molecule has 1 aromatic heterocycles. The molecule has 0 spiro atoms. The van der Waals surface area contributed by atoms with Gasteiger partial charge in [-0.2, -0.15) is 4.31 Å². The molecule has 4 N–H and O–H groups in total. The van der Waals surface area contributed by atoms with E-state index in [1.54, 1.807) is 0 Å². The average Bonchev–Trinajstić information content (AvgIpc) is 3.20. The van der Waals surface area contributed by atoms with Crippen LogP contribution in [-0.2, 0) is 10.0 Å². The van der Waals surface area contributed by atoms with Gasteiger partial charge in [0, 0.05) is 24.8 Å². The molecule has 0 unspecified atom stereocenters. The first-order chi connectivity index (χ1) is 8.59. The number of nitrogens with zero attached hydrogens (tertiary/aromatic N) is 2. The first-order valence-corrected chi connectivity index (χ1v) is 7.09. The SMILES string of the molecule is NNc1cc(S(=O)(=O)N(CCO)C2CC2)ccn1. The van der Waals surface area contributed by atoms with E-state index in [0.717, 1.165) is 12.8 Å². The maximum absolute atomic E-state index is 12.4. The number of nitrogens with two attached hydrogens (primary N) is 1. The van der Waals surface area contributed by atoms with E-state index in [2.05, 4.69) is 10.4 Å². The van der Waals surface area contributed by atoms with E-state index in [0.29, 0.717) is 0 Å². The summed E-state index contributed by atoms with van der Waals surface area (Å²) in [6, 6.07) is 2.80. The maximum atomic E-state index is 12.4. The molecule has 1 aliphatic carbocycles. The van der Waals surface area contributed by atoms with Crippen molar-refractivity contribution in [2.45, 2.75) is 23.8 Å². The van der Waals surface area contributed by atoms with Crippen LogP contribution in [0.5, 0.6) is 0 Å². The van der Waals surface area contributed by atoms with Crippen molar-refractivity contribution in [2.24, 2.45) is 5.84 Å². The number of nitrogen functional groups attached to an aromatic ring is 1. The largest absolute Gasteiger partial charge is 0.395 e. The predicted octanol–water partition coefficient (Wildman–Crippen LogP) is -0.487. The summed E-state index contributed by atoms with van der Waals surface area (Å²) in [6.07, 6.45) is 3.06. The van der Waals surface area contributed by atoms with Gasteiger partial charge in [-0.1, -0.05) is 0 Å². The topological polar surface area (TPSA) is 109 Å². The van der Waals surface area contributed by atoms with Crippen molar-refractivity contribution in [2.75, 3.05) is 18.6 Å². The lowest BCUT2D eigenvalue weighted by molar-refractivity contribution is 0.250. The highest BCUT2D eigenvalue weighted by molar-refractivity contribution is 7.89. The lowest BCUT2D eigenvalue weighted by atomic mass is 10.5. The number of aromatic nitrogens is 1. The normalized spacial score (nSPS) is 15.9. The summed E-state index contributed by atoms with van der Waals surface area (Å²) in [5, 5.41) is 8.97. The summed E-state index contributed by atoms with van der Waals surface area (Å²) in [4.78, 5) is 4.00. The lowest BCUT2D eigenvalue weighted by Gasteiger charge is -2.20. The molecule has 1 heterocycles. The van der Waals surface area contributed by atoms with Crippen LogP contribution in [0.3, 0.4) is 0 Å². The third-order valence-electron chi connectivity index (χ3n) is 2.76.